The number of hydrogen-bond donors (Lipinski definition) is 1. The molecule has 0 unspecified atom stereocenters. The Hall–Kier alpha value is -6.18. The molecule has 4 rings (SSSR count). The average Bonchev–Trinajstić information content (AvgIpc) is 3.06. The summed E-state index contributed by atoms with van der Waals surface area (Å²) in [6, 6.07) is 8.08. The number of amides is 1. The van der Waals surface area contributed by atoms with Crippen molar-refractivity contribution in [2.75, 3.05) is 25.1 Å². The molecule has 2 aromatic rings. The molecule has 0 atom stereocenters. The maximum absolute atomic E-state index is 13.4. The van der Waals surface area contributed by atoms with Crippen LogP contribution in [0.2, 0.25) is 0 Å². The lowest BCUT2D eigenvalue weighted by Crippen LogP contribution is -2.21. The van der Waals surface area contributed by atoms with Crippen LogP contribution in [0.5, 0.6) is 0 Å². The molecule has 14 nitrogen and oxygen atoms in total. The maximum Gasteiger partial charge on any atom is 0.359 e. The number of nitrogens with one attached hydrogen (secondary N) is 1. The number of carbonyl (C=O) groups is 6. The van der Waals surface area contributed by atoms with Crippen LogP contribution in [0.25, 0.3) is 0 Å². The summed E-state index contributed by atoms with van der Waals surface area (Å²) in [7, 11) is 0. The number of ether oxygens (including phenoxy) is 3. The predicted molar refractivity (Wildman–Crippen MR) is 174 cm³/mol. The summed E-state index contributed by atoms with van der Waals surface area (Å²) in [4.78, 5) is 94.3. The maximum atomic E-state index is 13.4. The Kier molecular flexibility index (Phi) is 11.9. The Morgan fingerprint density at radius 1 is 0.771 bits per heavy atom. The fourth-order valence-corrected chi connectivity index (χ4v) is 4.36. The second-order valence-corrected chi connectivity index (χ2v) is 9.80. The fraction of sp³-hybridized carbons (Fsp3) is 0.235. The van der Waals surface area contributed by atoms with Crippen molar-refractivity contribution in [2.45, 2.75) is 33.6 Å². The van der Waals surface area contributed by atoms with Crippen LogP contribution in [0, 0.1) is 0 Å². The molecule has 1 aromatic carbocycles. The number of carbonyl (C=O) groups excluding carboxylic acids is 6. The number of allylic oxidation sites excluding steroid dienone is 6. The third-order valence-corrected chi connectivity index (χ3v) is 6.48. The standard InChI is InChI=1S/C34H31N5O9/c1-4-46-25(40)18-21-14-10-16-23(29(21)42)35-31-27(37-32(44)20-12-8-7-9-13-20)28(33(45)48-6-3)38-34(39-31)36-24-17-11-15-22(30(24)43)19-26(41)47-5-2/h7-15,18-19H,4-6,16-17H2,1-3H3,(H,37,44). The Morgan fingerprint density at radius 2 is 1.31 bits per heavy atom. The predicted octanol–water partition coefficient (Wildman–Crippen LogP) is 4.09. The van der Waals surface area contributed by atoms with Crippen molar-refractivity contribution < 1.29 is 43.0 Å². The zero-order chi connectivity index (χ0) is 34.6. The monoisotopic (exact) mass is 653 g/mol. The third kappa shape index (κ3) is 8.75. The number of aromatic nitrogens is 2. The van der Waals surface area contributed by atoms with Gasteiger partial charge in [-0.3, -0.25) is 14.4 Å². The molecular weight excluding hydrogens is 622 g/mol. The molecule has 0 radical (unpaired) electrons. The highest BCUT2D eigenvalue weighted by atomic mass is 16.5. The van der Waals surface area contributed by atoms with E-state index in [1.54, 1.807) is 51.1 Å². The molecule has 0 saturated heterocycles. The van der Waals surface area contributed by atoms with Gasteiger partial charge >= 0.3 is 17.9 Å². The van der Waals surface area contributed by atoms with Crippen LogP contribution in [0.4, 0.5) is 17.5 Å². The number of rotatable bonds is 10. The Morgan fingerprint density at radius 3 is 1.85 bits per heavy atom. The fourth-order valence-electron chi connectivity index (χ4n) is 4.36. The van der Waals surface area contributed by atoms with E-state index >= 15 is 0 Å². The van der Waals surface area contributed by atoms with Crippen LogP contribution >= 0.6 is 0 Å². The van der Waals surface area contributed by atoms with Crippen molar-refractivity contribution in [3.8, 4) is 0 Å². The third-order valence-electron chi connectivity index (χ3n) is 6.48. The number of Topliss-reactive ketones (excluding diaryl/α,β-unsaturated/α-hetero) is 2. The lowest BCUT2D eigenvalue weighted by molar-refractivity contribution is -0.138. The van der Waals surface area contributed by atoms with Gasteiger partial charge in [0.1, 0.15) is 5.69 Å². The molecule has 0 saturated carbocycles. The van der Waals surface area contributed by atoms with Gasteiger partial charge in [-0.25, -0.2) is 29.4 Å². The van der Waals surface area contributed by atoms with Gasteiger partial charge in [0.2, 0.25) is 11.6 Å². The number of hydrogen-bond acceptors (Lipinski definition) is 13. The van der Waals surface area contributed by atoms with Crippen molar-refractivity contribution in [2.24, 2.45) is 9.98 Å². The molecular formula is C34H31N5O9. The highest BCUT2D eigenvalue weighted by molar-refractivity contribution is 6.49. The van der Waals surface area contributed by atoms with Crippen LogP contribution in [-0.2, 0) is 33.4 Å². The van der Waals surface area contributed by atoms with Crippen LogP contribution in [0.1, 0.15) is 54.5 Å². The van der Waals surface area contributed by atoms with Crippen molar-refractivity contribution in [1.82, 2.24) is 9.97 Å². The zero-order valence-electron chi connectivity index (χ0n) is 26.3. The summed E-state index contributed by atoms with van der Waals surface area (Å²) in [6.07, 6.45) is 8.20. The Labute approximate surface area is 275 Å². The van der Waals surface area contributed by atoms with Crippen LogP contribution in [-0.4, -0.2) is 76.6 Å². The molecule has 1 aromatic heterocycles. The van der Waals surface area contributed by atoms with Crippen molar-refractivity contribution in [3.05, 3.63) is 89.2 Å². The topological polar surface area (TPSA) is 193 Å². The van der Waals surface area contributed by atoms with E-state index in [-0.39, 0.29) is 72.3 Å². The molecule has 1 amide bonds. The largest absolute Gasteiger partial charge is 0.463 e. The summed E-state index contributed by atoms with van der Waals surface area (Å²) in [6.45, 7) is 4.98. The highest BCUT2D eigenvalue weighted by Gasteiger charge is 2.27. The molecule has 0 bridgehead atoms. The summed E-state index contributed by atoms with van der Waals surface area (Å²) in [5.41, 5.74) is -0.657. The second kappa shape index (κ2) is 16.4. The summed E-state index contributed by atoms with van der Waals surface area (Å²) < 4.78 is 15.0. The van der Waals surface area contributed by atoms with E-state index in [0.717, 1.165) is 12.2 Å². The minimum absolute atomic E-state index is 0.00559. The smallest absolute Gasteiger partial charge is 0.359 e. The van der Waals surface area contributed by atoms with Gasteiger partial charge in [-0.15, -0.1) is 0 Å². The van der Waals surface area contributed by atoms with E-state index in [1.165, 1.54) is 24.3 Å². The van der Waals surface area contributed by atoms with Gasteiger partial charge in [-0.1, -0.05) is 42.5 Å². The minimum Gasteiger partial charge on any atom is -0.463 e. The lowest BCUT2D eigenvalue weighted by Gasteiger charge is -2.15. The molecule has 0 aliphatic heterocycles. The first kappa shape index (κ1) is 34.7. The molecule has 246 valence electrons. The van der Waals surface area contributed by atoms with E-state index in [9.17, 15) is 28.8 Å². The van der Waals surface area contributed by atoms with Gasteiger partial charge in [0.05, 0.1) is 31.2 Å². The number of nitrogens with zero attached hydrogens (tertiary/aromatic N) is 4. The van der Waals surface area contributed by atoms with Crippen LogP contribution in [0.3, 0.4) is 0 Å². The number of ketones is 2. The van der Waals surface area contributed by atoms with Crippen LogP contribution < -0.4 is 5.32 Å². The van der Waals surface area contributed by atoms with E-state index in [2.05, 4.69) is 25.3 Å². The molecule has 0 fully saturated rings. The summed E-state index contributed by atoms with van der Waals surface area (Å²) in [5.74, 6) is -5.05. The molecule has 0 spiro atoms. The minimum atomic E-state index is -0.971. The molecule has 48 heavy (non-hydrogen) atoms. The molecule has 1 N–H and O–H groups in total. The quantitative estimate of drug-likeness (QED) is 0.221. The highest BCUT2D eigenvalue weighted by Crippen LogP contribution is 2.31. The summed E-state index contributed by atoms with van der Waals surface area (Å²) in [5, 5.41) is 2.60. The lowest BCUT2D eigenvalue weighted by atomic mass is 9.98. The number of esters is 3. The van der Waals surface area contributed by atoms with Gasteiger partial charge in [0.15, 0.2) is 11.5 Å². The molecule has 2 aliphatic carbocycles. The van der Waals surface area contributed by atoms with E-state index < -0.39 is 47.0 Å². The Balaban J connectivity index is 1.89. The van der Waals surface area contributed by atoms with Gasteiger partial charge in [-0.05, 0) is 32.9 Å². The molecule has 1 heterocycles. The van der Waals surface area contributed by atoms with E-state index in [1.807, 2.05) is 0 Å². The number of anilines is 1. The first-order valence-electron chi connectivity index (χ1n) is 14.9. The normalized spacial score (nSPS) is 17.6. The first-order chi connectivity index (χ1) is 23.1. The summed E-state index contributed by atoms with van der Waals surface area (Å²) >= 11 is 0. The van der Waals surface area contributed by atoms with Crippen molar-refractivity contribution in [1.29, 1.82) is 0 Å². The molecule has 2 aliphatic rings. The first-order valence-corrected chi connectivity index (χ1v) is 14.9. The van der Waals surface area contributed by atoms with Crippen molar-refractivity contribution >= 4 is 64.3 Å². The van der Waals surface area contributed by atoms with Crippen LogP contribution in [0.15, 0.2) is 87.9 Å². The number of aliphatic imine (C=N–C) groups is 2. The van der Waals surface area contributed by atoms with E-state index in [0.29, 0.717) is 0 Å². The average molecular weight is 654 g/mol. The van der Waals surface area contributed by atoms with Gasteiger partial charge in [0, 0.05) is 41.7 Å². The van der Waals surface area contributed by atoms with E-state index in [4.69, 9.17) is 14.2 Å². The molecule has 14 heteroatoms. The van der Waals surface area contributed by atoms with Gasteiger partial charge in [0.25, 0.3) is 11.9 Å². The Bertz CT molecular complexity index is 1840. The van der Waals surface area contributed by atoms with Gasteiger partial charge in [-0.2, -0.15) is 4.98 Å². The van der Waals surface area contributed by atoms with Gasteiger partial charge < -0.3 is 19.5 Å². The SMILES string of the molecule is CCOC(=O)C=C1C=CCC(=Nc2nc(N=C3CC=CC(=CC(=O)OCC)C3=O)c(NC(=O)c3ccccc3)c(C(=O)OCC)n2)C1=O. The second-order valence-electron chi connectivity index (χ2n) is 9.80. The zero-order valence-corrected chi connectivity index (χ0v) is 26.3. The number of benzene rings is 1. The van der Waals surface area contributed by atoms with Crippen molar-refractivity contribution in [3.63, 3.8) is 0 Å².